The number of methoxy groups -OCH3 is 1. The van der Waals surface area contributed by atoms with E-state index >= 15 is 0 Å². The van der Waals surface area contributed by atoms with E-state index in [4.69, 9.17) is 32.7 Å². The Morgan fingerprint density at radius 2 is 1.41 bits per heavy atom. The number of benzene rings is 3. The first kappa shape index (κ1) is 23.1. The van der Waals surface area contributed by atoms with E-state index in [9.17, 15) is 0 Å². The zero-order valence-electron chi connectivity index (χ0n) is 19.0. The van der Waals surface area contributed by atoms with Crippen LogP contribution < -0.4 is 15.4 Å². The van der Waals surface area contributed by atoms with Gasteiger partial charge in [-0.2, -0.15) is 0 Å². The maximum Gasteiger partial charge on any atom is 0.127 e. The van der Waals surface area contributed by atoms with E-state index in [1.165, 1.54) is 5.56 Å². The predicted octanol–water partition coefficient (Wildman–Crippen LogP) is 5.55. The van der Waals surface area contributed by atoms with Crippen molar-refractivity contribution in [2.45, 2.75) is 12.7 Å². The highest BCUT2D eigenvalue weighted by Gasteiger charge is 2.28. The third kappa shape index (κ3) is 5.03. The molecule has 5 nitrogen and oxygen atoms in total. The standard InChI is InChI=1S/C27H27Cl2N3O2/c1-33-24-11-2-18(17-32-12-14-34-15-13-32)16-23(24)27-30-25(19-3-7-21(28)8-4-19)26(31-27)20-5-9-22(29)10-6-20/h2-11,16,27,30-31H,12-15,17H2,1H3. The Balaban J connectivity index is 1.48. The van der Waals surface area contributed by atoms with Crippen molar-refractivity contribution in [3.63, 3.8) is 0 Å². The molecule has 2 aliphatic heterocycles. The van der Waals surface area contributed by atoms with E-state index in [1.54, 1.807) is 7.11 Å². The Morgan fingerprint density at radius 1 is 0.853 bits per heavy atom. The fourth-order valence-electron chi connectivity index (χ4n) is 4.44. The molecule has 0 amide bonds. The molecule has 1 saturated heterocycles. The quantitative estimate of drug-likeness (QED) is 0.469. The van der Waals surface area contributed by atoms with E-state index in [-0.39, 0.29) is 6.17 Å². The van der Waals surface area contributed by atoms with Gasteiger partial charge in [0.15, 0.2) is 0 Å². The monoisotopic (exact) mass is 495 g/mol. The molecule has 3 aromatic rings. The third-order valence-corrected chi connectivity index (χ3v) is 6.71. The van der Waals surface area contributed by atoms with Crippen LogP contribution in [-0.4, -0.2) is 38.3 Å². The first-order chi connectivity index (χ1) is 16.6. The smallest absolute Gasteiger partial charge is 0.127 e. The van der Waals surface area contributed by atoms with Gasteiger partial charge in [-0.25, -0.2) is 0 Å². The number of nitrogens with zero attached hydrogens (tertiary/aromatic N) is 1. The van der Waals surface area contributed by atoms with Crippen LogP contribution in [0.1, 0.15) is 28.4 Å². The molecule has 2 heterocycles. The molecule has 0 saturated carbocycles. The lowest BCUT2D eigenvalue weighted by Crippen LogP contribution is -2.35. The topological polar surface area (TPSA) is 45.8 Å². The summed E-state index contributed by atoms with van der Waals surface area (Å²) in [4.78, 5) is 2.42. The van der Waals surface area contributed by atoms with Gasteiger partial charge in [0.2, 0.25) is 0 Å². The van der Waals surface area contributed by atoms with Crippen LogP contribution >= 0.6 is 23.2 Å². The van der Waals surface area contributed by atoms with Crippen molar-refractivity contribution in [2.75, 3.05) is 33.4 Å². The Hall–Kier alpha value is -2.70. The Bertz CT molecular complexity index is 1120. The lowest BCUT2D eigenvalue weighted by molar-refractivity contribution is 0.0341. The summed E-state index contributed by atoms with van der Waals surface area (Å²) in [6, 6.07) is 22.1. The van der Waals surface area contributed by atoms with Crippen LogP contribution in [0.4, 0.5) is 0 Å². The minimum atomic E-state index is -0.157. The van der Waals surface area contributed by atoms with Gasteiger partial charge in [-0.15, -0.1) is 0 Å². The molecule has 0 aromatic heterocycles. The second-order valence-electron chi connectivity index (χ2n) is 8.45. The molecule has 0 bridgehead atoms. The molecule has 0 atom stereocenters. The number of hydrogen-bond donors (Lipinski definition) is 2. The fraction of sp³-hybridized carbons (Fsp3) is 0.259. The number of halogens is 2. The number of hydrogen-bond acceptors (Lipinski definition) is 5. The van der Waals surface area contributed by atoms with E-state index in [1.807, 2.05) is 48.5 Å². The summed E-state index contributed by atoms with van der Waals surface area (Å²) in [5, 5.41) is 8.79. The molecule has 0 aliphatic carbocycles. The third-order valence-electron chi connectivity index (χ3n) is 6.21. The molecule has 34 heavy (non-hydrogen) atoms. The van der Waals surface area contributed by atoms with Gasteiger partial charge >= 0.3 is 0 Å². The minimum absolute atomic E-state index is 0.157. The molecule has 176 valence electrons. The summed E-state index contributed by atoms with van der Waals surface area (Å²) in [5.74, 6) is 0.837. The minimum Gasteiger partial charge on any atom is -0.496 e. The summed E-state index contributed by atoms with van der Waals surface area (Å²) in [7, 11) is 1.71. The lowest BCUT2D eigenvalue weighted by Gasteiger charge is -2.27. The maximum absolute atomic E-state index is 6.16. The van der Waals surface area contributed by atoms with Crippen LogP contribution in [0.5, 0.6) is 5.75 Å². The summed E-state index contributed by atoms with van der Waals surface area (Å²) in [6.45, 7) is 4.35. The van der Waals surface area contributed by atoms with Crippen molar-refractivity contribution in [1.82, 2.24) is 15.5 Å². The van der Waals surface area contributed by atoms with Gasteiger partial charge in [0.05, 0.1) is 31.7 Å². The maximum atomic E-state index is 6.16. The van der Waals surface area contributed by atoms with E-state index in [0.717, 1.165) is 66.7 Å². The molecular formula is C27H27Cl2N3O2. The molecular weight excluding hydrogens is 469 g/mol. The highest BCUT2D eigenvalue weighted by molar-refractivity contribution is 6.31. The largest absolute Gasteiger partial charge is 0.496 e. The van der Waals surface area contributed by atoms with E-state index < -0.39 is 0 Å². The Morgan fingerprint density at radius 3 is 1.94 bits per heavy atom. The van der Waals surface area contributed by atoms with Crippen molar-refractivity contribution in [1.29, 1.82) is 0 Å². The van der Waals surface area contributed by atoms with Gasteiger partial charge < -0.3 is 20.1 Å². The Labute approximate surface area is 210 Å². The van der Waals surface area contributed by atoms with Crippen molar-refractivity contribution in [3.05, 3.63) is 99.0 Å². The van der Waals surface area contributed by atoms with E-state index in [0.29, 0.717) is 10.0 Å². The zero-order chi connectivity index (χ0) is 23.5. The SMILES string of the molecule is COc1ccc(CN2CCOCC2)cc1C1NC(c2ccc(Cl)cc2)=C(c2ccc(Cl)cc2)N1. The van der Waals surface area contributed by atoms with Gasteiger partial charge in [-0.1, -0.05) is 53.5 Å². The lowest BCUT2D eigenvalue weighted by atomic mass is 10.1. The van der Waals surface area contributed by atoms with E-state index in [2.05, 4.69) is 33.7 Å². The van der Waals surface area contributed by atoms with Gasteiger partial charge in [-0.05, 0) is 53.1 Å². The summed E-state index contributed by atoms with van der Waals surface area (Å²) in [5.41, 5.74) is 6.41. The molecule has 2 aliphatic rings. The predicted molar refractivity (Wildman–Crippen MR) is 138 cm³/mol. The molecule has 0 unspecified atom stereocenters. The average Bonchev–Trinajstić information content (AvgIpc) is 3.31. The van der Waals surface area contributed by atoms with Crippen LogP contribution in [0.3, 0.4) is 0 Å². The summed E-state index contributed by atoms with van der Waals surface area (Å²) >= 11 is 12.3. The van der Waals surface area contributed by atoms with Crippen molar-refractivity contribution < 1.29 is 9.47 Å². The van der Waals surface area contributed by atoms with Crippen molar-refractivity contribution in [3.8, 4) is 5.75 Å². The second-order valence-corrected chi connectivity index (χ2v) is 9.32. The second kappa shape index (κ2) is 10.3. The fourth-order valence-corrected chi connectivity index (χ4v) is 4.69. The normalized spacial score (nSPS) is 16.9. The van der Waals surface area contributed by atoms with Crippen LogP contribution in [0.2, 0.25) is 10.0 Å². The number of ether oxygens (including phenoxy) is 2. The number of rotatable bonds is 6. The highest BCUT2D eigenvalue weighted by Crippen LogP contribution is 2.36. The summed E-state index contributed by atoms with van der Waals surface area (Å²) in [6.07, 6.45) is -0.157. The number of nitrogens with one attached hydrogen (secondary N) is 2. The van der Waals surface area contributed by atoms with Gasteiger partial charge in [0.1, 0.15) is 11.9 Å². The molecule has 3 aromatic carbocycles. The Kier molecular flexibility index (Phi) is 6.97. The molecule has 2 N–H and O–H groups in total. The molecule has 5 rings (SSSR count). The molecule has 1 fully saturated rings. The van der Waals surface area contributed by atoms with Crippen molar-refractivity contribution in [2.24, 2.45) is 0 Å². The first-order valence-corrected chi connectivity index (χ1v) is 12.1. The molecule has 0 spiro atoms. The average molecular weight is 496 g/mol. The van der Waals surface area contributed by atoms with Crippen LogP contribution in [0.15, 0.2) is 66.7 Å². The first-order valence-electron chi connectivity index (χ1n) is 11.4. The highest BCUT2D eigenvalue weighted by atomic mass is 35.5. The van der Waals surface area contributed by atoms with Gasteiger partial charge in [-0.3, -0.25) is 4.90 Å². The number of morpholine rings is 1. The molecule has 0 radical (unpaired) electrons. The van der Waals surface area contributed by atoms with Gasteiger partial charge in [0, 0.05) is 35.2 Å². The molecule has 7 heteroatoms. The van der Waals surface area contributed by atoms with Crippen LogP contribution in [-0.2, 0) is 11.3 Å². The van der Waals surface area contributed by atoms with Crippen molar-refractivity contribution >= 4 is 34.6 Å². The zero-order valence-corrected chi connectivity index (χ0v) is 20.5. The van der Waals surface area contributed by atoms with Crippen LogP contribution in [0, 0.1) is 0 Å². The summed E-state index contributed by atoms with van der Waals surface area (Å²) < 4.78 is 11.2. The van der Waals surface area contributed by atoms with Gasteiger partial charge in [0.25, 0.3) is 0 Å². The van der Waals surface area contributed by atoms with Crippen LogP contribution in [0.25, 0.3) is 11.4 Å².